The third-order valence-electron chi connectivity index (χ3n) is 7.22. The van der Waals surface area contributed by atoms with E-state index in [0.717, 1.165) is 10.6 Å². The van der Waals surface area contributed by atoms with Gasteiger partial charge in [0.15, 0.2) is 5.78 Å². The van der Waals surface area contributed by atoms with Crippen molar-refractivity contribution in [2.75, 3.05) is 42.3 Å². The molecule has 258 valence electrons. The number of thioether (sulfide) groups is 1. The number of nitrogens with zero attached hydrogens (tertiary/aromatic N) is 2. The SMILES string of the molecule is O=C(CNc1ccc2c(c1)S/C(=C/C=C/C=C1/C(=O)c3ccccc3S1(=O)=O)N2CCCS(=O)(=O)O)COCC(=O)ON1C(=O)CCC1=O. The van der Waals surface area contributed by atoms with Crippen LogP contribution in [-0.2, 0) is 48.7 Å². The number of imide groups is 1. The fraction of sp³-hybridized carbons (Fsp3) is 0.258. The van der Waals surface area contributed by atoms with Gasteiger partial charge in [0.2, 0.25) is 15.6 Å². The van der Waals surface area contributed by atoms with Crippen LogP contribution in [-0.4, -0.2) is 87.9 Å². The predicted octanol–water partition coefficient (Wildman–Crippen LogP) is 2.43. The number of hydrogen-bond acceptors (Lipinski definition) is 14. The van der Waals surface area contributed by atoms with Crippen molar-refractivity contribution in [3.8, 4) is 0 Å². The molecular formula is C31H29N3O12S3. The summed E-state index contributed by atoms with van der Waals surface area (Å²) >= 11 is 1.32. The molecule has 0 aromatic heterocycles. The largest absolute Gasteiger partial charge is 0.378 e. The van der Waals surface area contributed by atoms with Crippen LogP contribution in [0.1, 0.15) is 29.6 Å². The van der Waals surface area contributed by atoms with E-state index in [0.29, 0.717) is 15.8 Å². The molecule has 3 heterocycles. The number of amides is 2. The van der Waals surface area contributed by atoms with Gasteiger partial charge in [0.05, 0.1) is 27.9 Å². The second kappa shape index (κ2) is 14.9. The van der Waals surface area contributed by atoms with Crippen molar-refractivity contribution in [1.82, 2.24) is 5.06 Å². The van der Waals surface area contributed by atoms with E-state index in [1.807, 2.05) is 4.90 Å². The number of Topliss-reactive ketones (excluding diaryl/α,β-unsaturated/α-hetero) is 2. The van der Waals surface area contributed by atoms with Crippen LogP contribution in [0, 0.1) is 0 Å². The highest BCUT2D eigenvalue weighted by molar-refractivity contribution is 8.03. The third kappa shape index (κ3) is 8.52. The van der Waals surface area contributed by atoms with Crippen LogP contribution in [0.25, 0.3) is 0 Å². The molecular weight excluding hydrogens is 703 g/mol. The van der Waals surface area contributed by atoms with E-state index in [1.165, 1.54) is 36.0 Å². The molecule has 0 spiro atoms. The Labute approximate surface area is 285 Å². The quantitative estimate of drug-likeness (QED) is 0.162. The van der Waals surface area contributed by atoms with Gasteiger partial charge in [-0.25, -0.2) is 13.2 Å². The fourth-order valence-electron chi connectivity index (χ4n) is 4.97. The standard InChI is InChI=1S/C31H29N3O12S3/c35-21(18-45-19-30(38)46-34-27(36)12-13-28(34)37)17-32-20-10-11-23-24(16-20)47-29(33(23)14-5-15-48(40,41)42)9-4-3-8-26-31(39)22-6-1-2-7-25(22)49(26,43)44/h1-4,6-11,16,32H,5,12-15,17-19H2,(H,40,41,42)/b4-3+,26-8-,29-9+. The normalized spacial score (nSPS) is 18.5. The zero-order chi connectivity index (χ0) is 35.3. The van der Waals surface area contributed by atoms with Crippen LogP contribution in [0.4, 0.5) is 11.4 Å². The van der Waals surface area contributed by atoms with Gasteiger partial charge in [-0.2, -0.15) is 8.42 Å². The van der Waals surface area contributed by atoms with Gasteiger partial charge in [-0.05, 0) is 48.9 Å². The molecule has 1 fully saturated rings. The Morgan fingerprint density at radius 3 is 2.43 bits per heavy atom. The second-order valence-electron chi connectivity index (χ2n) is 10.8. The van der Waals surface area contributed by atoms with Gasteiger partial charge in [0.1, 0.15) is 18.1 Å². The molecule has 0 atom stereocenters. The molecule has 2 aromatic carbocycles. The number of ether oxygens (including phenoxy) is 1. The molecule has 15 nitrogen and oxygen atoms in total. The zero-order valence-corrected chi connectivity index (χ0v) is 28.0. The molecule has 0 aliphatic carbocycles. The molecule has 0 unspecified atom stereocenters. The molecule has 49 heavy (non-hydrogen) atoms. The van der Waals surface area contributed by atoms with E-state index in [1.54, 1.807) is 42.5 Å². The minimum absolute atomic E-state index is 0.0430. The number of hydroxylamine groups is 2. The first kappa shape index (κ1) is 35.7. The Bertz CT molecular complexity index is 2020. The van der Waals surface area contributed by atoms with Crippen molar-refractivity contribution >= 4 is 72.4 Å². The van der Waals surface area contributed by atoms with Crippen LogP contribution in [0.3, 0.4) is 0 Å². The van der Waals surface area contributed by atoms with Gasteiger partial charge in [-0.15, -0.1) is 5.06 Å². The molecule has 0 bridgehead atoms. The molecule has 2 amide bonds. The van der Waals surface area contributed by atoms with Crippen molar-refractivity contribution in [1.29, 1.82) is 0 Å². The summed E-state index contributed by atoms with van der Waals surface area (Å²) in [7, 11) is -8.14. The lowest BCUT2D eigenvalue weighted by Crippen LogP contribution is -2.34. The van der Waals surface area contributed by atoms with Crippen molar-refractivity contribution in [3.63, 3.8) is 0 Å². The van der Waals surface area contributed by atoms with Crippen molar-refractivity contribution < 1.29 is 54.9 Å². The van der Waals surface area contributed by atoms with Crippen LogP contribution in [0.5, 0.6) is 0 Å². The molecule has 3 aliphatic heterocycles. The summed E-state index contributed by atoms with van der Waals surface area (Å²) in [6, 6.07) is 11.2. The number of carbonyl (C=O) groups is 5. The average Bonchev–Trinajstić information content (AvgIpc) is 3.62. The smallest absolute Gasteiger partial charge is 0.358 e. The Kier molecular flexibility index (Phi) is 10.8. The van der Waals surface area contributed by atoms with Gasteiger partial charge in [0.25, 0.3) is 21.9 Å². The molecule has 3 aliphatic rings. The van der Waals surface area contributed by atoms with Crippen molar-refractivity contribution in [2.45, 2.75) is 29.1 Å². The molecule has 0 saturated carbocycles. The first-order valence-electron chi connectivity index (χ1n) is 14.7. The number of anilines is 2. The summed E-state index contributed by atoms with van der Waals surface area (Å²) in [6.07, 6.45) is 5.87. The van der Waals surface area contributed by atoms with Crippen LogP contribution < -0.4 is 10.2 Å². The van der Waals surface area contributed by atoms with E-state index >= 15 is 0 Å². The number of benzene rings is 2. The summed E-state index contributed by atoms with van der Waals surface area (Å²) < 4.78 is 62.6. The van der Waals surface area contributed by atoms with Crippen molar-refractivity contribution in [2.24, 2.45) is 0 Å². The van der Waals surface area contributed by atoms with E-state index in [-0.39, 0.29) is 47.7 Å². The van der Waals surface area contributed by atoms with E-state index in [2.05, 4.69) is 10.2 Å². The molecule has 1 saturated heterocycles. The summed E-state index contributed by atoms with van der Waals surface area (Å²) in [5.74, 6) is -3.74. The Hall–Kier alpha value is -4.62. The molecule has 18 heteroatoms. The number of ketones is 2. The Balaban J connectivity index is 1.20. The summed E-state index contributed by atoms with van der Waals surface area (Å²) in [5, 5.41) is 3.99. The highest BCUT2D eigenvalue weighted by Gasteiger charge is 2.38. The van der Waals surface area contributed by atoms with Crippen LogP contribution in [0.15, 0.2) is 86.5 Å². The number of nitrogens with one attached hydrogen (secondary N) is 1. The maximum absolute atomic E-state index is 12.8. The van der Waals surface area contributed by atoms with E-state index in [4.69, 9.17) is 4.74 Å². The summed E-state index contributed by atoms with van der Waals surface area (Å²) in [5.41, 5.74) is 1.39. The molecule has 5 rings (SSSR count). The predicted molar refractivity (Wildman–Crippen MR) is 175 cm³/mol. The topological polar surface area (TPSA) is 211 Å². The minimum atomic E-state index is -4.19. The van der Waals surface area contributed by atoms with Crippen LogP contribution >= 0.6 is 11.8 Å². The highest BCUT2D eigenvalue weighted by Crippen LogP contribution is 2.47. The molecule has 2 N–H and O–H groups in total. The van der Waals surface area contributed by atoms with E-state index in [9.17, 15) is 45.4 Å². The van der Waals surface area contributed by atoms with Gasteiger partial charge in [0, 0.05) is 35.5 Å². The zero-order valence-electron chi connectivity index (χ0n) is 25.6. The second-order valence-corrected chi connectivity index (χ2v) is 15.3. The highest BCUT2D eigenvalue weighted by atomic mass is 32.2. The lowest BCUT2D eigenvalue weighted by molar-refractivity contribution is -0.200. The number of carbonyl (C=O) groups excluding carboxylic acids is 5. The number of hydrogen-bond donors (Lipinski definition) is 2. The van der Waals surface area contributed by atoms with Gasteiger partial charge >= 0.3 is 5.97 Å². The van der Waals surface area contributed by atoms with Gasteiger partial charge in [-0.3, -0.25) is 23.7 Å². The lowest BCUT2D eigenvalue weighted by Gasteiger charge is -2.20. The minimum Gasteiger partial charge on any atom is -0.378 e. The molecule has 2 aromatic rings. The average molecular weight is 732 g/mol. The van der Waals surface area contributed by atoms with Gasteiger partial charge in [-0.1, -0.05) is 36.0 Å². The fourth-order valence-corrected chi connectivity index (χ4v) is 8.16. The third-order valence-corrected chi connectivity index (χ3v) is 11.0. The Morgan fingerprint density at radius 2 is 1.71 bits per heavy atom. The van der Waals surface area contributed by atoms with Crippen LogP contribution in [0.2, 0.25) is 0 Å². The number of sulfone groups is 1. The first-order valence-corrected chi connectivity index (χ1v) is 18.6. The maximum atomic E-state index is 12.8. The summed E-state index contributed by atoms with van der Waals surface area (Å²) in [6.45, 7) is -1.04. The molecule has 0 radical (unpaired) electrons. The van der Waals surface area contributed by atoms with E-state index < -0.39 is 68.3 Å². The summed E-state index contributed by atoms with van der Waals surface area (Å²) in [4.78, 5) is 66.8. The lowest BCUT2D eigenvalue weighted by atomic mass is 10.1. The number of rotatable bonds is 14. The Morgan fingerprint density at radius 1 is 1.00 bits per heavy atom. The first-order chi connectivity index (χ1) is 23.2. The van der Waals surface area contributed by atoms with Crippen molar-refractivity contribution in [3.05, 3.63) is 82.3 Å². The number of allylic oxidation sites excluding steroid dienone is 5. The number of fused-ring (bicyclic) bond motifs is 2. The maximum Gasteiger partial charge on any atom is 0.358 e. The van der Waals surface area contributed by atoms with Gasteiger partial charge < -0.3 is 19.8 Å². The monoisotopic (exact) mass is 731 g/mol.